The monoisotopic (exact) mass is 262 g/mol. The van der Waals surface area contributed by atoms with Crippen molar-refractivity contribution in [2.24, 2.45) is 16.7 Å². The van der Waals surface area contributed by atoms with Gasteiger partial charge in [-0.1, -0.05) is 34.6 Å². The van der Waals surface area contributed by atoms with Gasteiger partial charge < -0.3 is 10.1 Å². The van der Waals surface area contributed by atoms with Gasteiger partial charge in [0.25, 0.3) is 0 Å². The summed E-state index contributed by atoms with van der Waals surface area (Å²) in [7, 11) is 0. The Balaban J connectivity index is 1.97. The summed E-state index contributed by atoms with van der Waals surface area (Å²) in [5, 5.41) is 3.46. The Morgan fingerprint density at radius 2 is 1.95 bits per heavy atom. The van der Waals surface area contributed by atoms with Gasteiger partial charge in [-0.3, -0.25) is 0 Å². The van der Waals surface area contributed by atoms with Gasteiger partial charge in [0.1, 0.15) is 0 Å². The molecule has 3 heteroatoms. The zero-order valence-corrected chi connectivity index (χ0v) is 12.8. The van der Waals surface area contributed by atoms with Crippen molar-refractivity contribution in [2.75, 3.05) is 18.5 Å². The minimum absolute atomic E-state index is 0.402. The molecule has 0 spiro atoms. The molecule has 0 bridgehead atoms. The number of hydrogen-bond donors (Lipinski definition) is 1. The number of nitrogens with zero attached hydrogens (tertiary/aromatic N) is 1. The highest BCUT2D eigenvalue weighted by molar-refractivity contribution is 5.49. The van der Waals surface area contributed by atoms with Crippen molar-refractivity contribution in [3.63, 3.8) is 0 Å². The first-order valence-electron chi connectivity index (χ1n) is 7.23. The van der Waals surface area contributed by atoms with Gasteiger partial charge in [-0.15, -0.1) is 0 Å². The molecule has 0 atom stereocenters. The first-order chi connectivity index (χ1) is 8.91. The number of anilines is 1. The van der Waals surface area contributed by atoms with Crippen molar-refractivity contribution >= 4 is 5.82 Å². The predicted molar refractivity (Wildman–Crippen MR) is 79.6 cm³/mol. The lowest BCUT2D eigenvalue weighted by atomic mass is 10.0. The van der Waals surface area contributed by atoms with Gasteiger partial charge in [0, 0.05) is 12.7 Å². The Hall–Kier alpha value is -1.25. The largest absolute Gasteiger partial charge is 0.490 e. The highest BCUT2D eigenvalue weighted by atomic mass is 16.5. The molecule has 1 saturated carbocycles. The Labute approximate surface area is 116 Å². The third-order valence-corrected chi connectivity index (χ3v) is 5.03. The van der Waals surface area contributed by atoms with Crippen molar-refractivity contribution < 1.29 is 4.74 Å². The minimum atomic E-state index is 0.402. The summed E-state index contributed by atoms with van der Waals surface area (Å²) in [4.78, 5) is 4.39. The molecule has 3 nitrogen and oxygen atoms in total. The molecule has 0 radical (unpaired) electrons. The van der Waals surface area contributed by atoms with Gasteiger partial charge in [-0.05, 0) is 35.3 Å². The van der Waals surface area contributed by atoms with E-state index in [0.29, 0.717) is 16.7 Å². The van der Waals surface area contributed by atoms with Gasteiger partial charge >= 0.3 is 0 Å². The second-order valence-electron chi connectivity index (χ2n) is 6.58. The lowest BCUT2D eigenvalue weighted by Gasteiger charge is -2.12. The first-order valence-corrected chi connectivity index (χ1v) is 7.23. The molecule has 1 aliphatic carbocycles. The van der Waals surface area contributed by atoms with E-state index in [2.05, 4.69) is 44.9 Å². The molecule has 0 amide bonds. The third-order valence-electron chi connectivity index (χ3n) is 5.03. The van der Waals surface area contributed by atoms with Crippen molar-refractivity contribution in [1.82, 2.24) is 4.98 Å². The molecular weight excluding hydrogens is 236 g/mol. The molecule has 0 unspecified atom stereocenters. The molecule has 0 aromatic carbocycles. The first kappa shape index (κ1) is 14.2. The van der Waals surface area contributed by atoms with E-state index in [4.69, 9.17) is 4.74 Å². The molecule has 19 heavy (non-hydrogen) atoms. The van der Waals surface area contributed by atoms with Crippen LogP contribution in [-0.2, 0) is 0 Å². The number of nitrogens with one attached hydrogen (secondary N) is 1. The Morgan fingerprint density at radius 3 is 2.53 bits per heavy atom. The van der Waals surface area contributed by atoms with Crippen LogP contribution in [0, 0.1) is 16.7 Å². The molecule has 0 aliphatic heterocycles. The van der Waals surface area contributed by atoms with E-state index in [1.807, 2.05) is 18.3 Å². The van der Waals surface area contributed by atoms with Crippen LogP contribution in [0.4, 0.5) is 5.82 Å². The molecule has 1 aromatic rings. The number of pyridine rings is 1. The molecule has 0 saturated heterocycles. The molecule has 1 aliphatic rings. The van der Waals surface area contributed by atoms with Crippen LogP contribution in [0.5, 0.6) is 5.75 Å². The van der Waals surface area contributed by atoms with E-state index in [1.54, 1.807) is 0 Å². The van der Waals surface area contributed by atoms with Crippen LogP contribution >= 0.6 is 0 Å². The number of hydrogen-bond acceptors (Lipinski definition) is 3. The van der Waals surface area contributed by atoms with Crippen LogP contribution in [0.2, 0.25) is 0 Å². The quantitative estimate of drug-likeness (QED) is 0.842. The predicted octanol–water partition coefficient (Wildman–Crippen LogP) is 3.96. The average molecular weight is 262 g/mol. The van der Waals surface area contributed by atoms with Gasteiger partial charge in [0.05, 0.1) is 6.61 Å². The van der Waals surface area contributed by atoms with Crippen LogP contribution in [-0.4, -0.2) is 18.1 Å². The highest BCUT2D eigenvalue weighted by Gasteiger charge is 2.64. The average Bonchev–Trinajstić information content (AvgIpc) is 2.76. The molecular formula is C16H26N2O. The molecule has 2 rings (SSSR count). The Morgan fingerprint density at radius 1 is 1.26 bits per heavy atom. The lowest BCUT2D eigenvalue weighted by Crippen LogP contribution is -2.10. The SMILES string of the molecule is CCCOc1cccnc1NCC1C(C)(C)C1(C)C. The van der Waals surface area contributed by atoms with E-state index in [0.717, 1.165) is 31.1 Å². The van der Waals surface area contributed by atoms with Gasteiger partial charge in [-0.25, -0.2) is 4.98 Å². The molecule has 1 N–H and O–H groups in total. The maximum Gasteiger partial charge on any atom is 0.168 e. The zero-order valence-electron chi connectivity index (χ0n) is 12.8. The summed E-state index contributed by atoms with van der Waals surface area (Å²) in [6, 6.07) is 3.90. The van der Waals surface area contributed by atoms with E-state index < -0.39 is 0 Å². The van der Waals surface area contributed by atoms with Gasteiger partial charge in [-0.2, -0.15) is 0 Å². The highest BCUT2D eigenvalue weighted by Crippen LogP contribution is 2.68. The number of rotatable bonds is 6. The molecule has 1 fully saturated rings. The smallest absolute Gasteiger partial charge is 0.168 e. The van der Waals surface area contributed by atoms with E-state index >= 15 is 0 Å². The fourth-order valence-corrected chi connectivity index (χ4v) is 2.89. The van der Waals surface area contributed by atoms with E-state index in [9.17, 15) is 0 Å². The lowest BCUT2D eigenvalue weighted by molar-refractivity contribution is 0.317. The summed E-state index contributed by atoms with van der Waals surface area (Å²) in [5.41, 5.74) is 0.804. The Kier molecular flexibility index (Phi) is 3.75. The van der Waals surface area contributed by atoms with Crippen LogP contribution < -0.4 is 10.1 Å². The summed E-state index contributed by atoms with van der Waals surface area (Å²) in [6.07, 6.45) is 2.82. The fraction of sp³-hybridized carbons (Fsp3) is 0.688. The van der Waals surface area contributed by atoms with Crippen molar-refractivity contribution in [2.45, 2.75) is 41.0 Å². The maximum atomic E-state index is 5.72. The van der Waals surface area contributed by atoms with Crippen LogP contribution in [0.3, 0.4) is 0 Å². The standard InChI is InChI=1S/C16H26N2O/c1-6-10-19-12-8-7-9-17-14(12)18-11-13-15(2,3)16(13,4)5/h7-9,13H,6,10-11H2,1-5H3,(H,17,18). The summed E-state index contributed by atoms with van der Waals surface area (Å²) in [6.45, 7) is 13.2. The zero-order chi connectivity index (χ0) is 14.1. The fourth-order valence-electron chi connectivity index (χ4n) is 2.89. The topological polar surface area (TPSA) is 34.1 Å². The summed E-state index contributed by atoms with van der Waals surface area (Å²) < 4.78 is 5.72. The van der Waals surface area contributed by atoms with Crippen LogP contribution in [0.25, 0.3) is 0 Å². The number of ether oxygens (including phenoxy) is 1. The van der Waals surface area contributed by atoms with Gasteiger partial charge in [0.2, 0.25) is 0 Å². The molecule has 1 heterocycles. The summed E-state index contributed by atoms with van der Waals surface area (Å²) in [5.74, 6) is 2.41. The second-order valence-corrected chi connectivity index (χ2v) is 6.58. The minimum Gasteiger partial charge on any atom is -0.490 e. The van der Waals surface area contributed by atoms with Gasteiger partial charge in [0.15, 0.2) is 11.6 Å². The molecule has 1 aromatic heterocycles. The van der Waals surface area contributed by atoms with Crippen molar-refractivity contribution in [3.8, 4) is 5.75 Å². The maximum absolute atomic E-state index is 5.72. The van der Waals surface area contributed by atoms with Crippen molar-refractivity contribution in [3.05, 3.63) is 18.3 Å². The normalized spacial score (nSPS) is 20.1. The Bertz CT molecular complexity index is 426. The number of aromatic nitrogens is 1. The van der Waals surface area contributed by atoms with E-state index in [-0.39, 0.29) is 0 Å². The molecule has 106 valence electrons. The van der Waals surface area contributed by atoms with Crippen LogP contribution in [0.1, 0.15) is 41.0 Å². The van der Waals surface area contributed by atoms with Crippen LogP contribution in [0.15, 0.2) is 18.3 Å². The summed E-state index contributed by atoms with van der Waals surface area (Å²) >= 11 is 0. The third kappa shape index (κ3) is 2.56. The van der Waals surface area contributed by atoms with E-state index in [1.165, 1.54) is 0 Å². The van der Waals surface area contributed by atoms with Crippen molar-refractivity contribution in [1.29, 1.82) is 0 Å². The second kappa shape index (κ2) is 5.03.